The van der Waals surface area contributed by atoms with Crippen molar-refractivity contribution >= 4 is 17.3 Å². The third-order valence-electron chi connectivity index (χ3n) is 5.35. The van der Waals surface area contributed by atoms with Crippen molar-refractivity contribution in [1.29, 1.82) is 5.26 Å². The molecule has 1 aliphatic heterocycles. The molecule has 4 rings (SSSR count). The van der Waals surface area contributed by atoms with Gasteiger partial charge in [-0.05, 0) is 38.0 Å². The Bertz CT molecular complexity index is 1290. The third-order valence-corrected chi connectivity index (χ3v) is 5.72. The second kappa shape index (κ2) is 10.7. The molecule has 0 saturated carbocycles. The lowest BCUT2D eigenvalue weighted by molar-refractivity contribution is -0.0234. The summed E-state index contributed by atoms with van der Waals surface area (Å²) in [4.78, 5) is 17.0. The van der Waals surface area contributed by atoms with Gasteiger partial charge in [0.1, 0.15) is 16.8 Å². The summed E-state index contributed by atoms with van der Waals surface area (Å²) >= 11 is 6.25. The maximum Gasteiger partial charge on any atom is 0.292 e. The Morgan fingerprint density at radius 3 is 2.89 bits per heavy atom. The number of aromatic nitrogens is 3. The molecule has 3 heterocycles. The summed E-state index contributed by atoms with van der Waals surface area (Å²) in [5.41, 5.74) is -1.20. The highest BCUT2D eigenvalue weighted by atomic mass is 35.5. The van der Waals surface area contributed by atoms with Crippen LogP contribution in [0.1, 0.15) is 25.3 Å². The van der Waals surface area contributed by atoms with E-state index in [0.29, 0.717) is 48.8 Å². The van der Waals surface area contributed by atoms with Crippen molar-refractivity contribution < 1.29 is 18.6 Å². The first kappa shape index (κ1) is 24.4. The predicted octanol–water partition coefficient (Wildman–Crippen LogP) is 4.27. The fourth-order valence-corrected chi connectivity index (χ4v) is 3.75. The highest BCUT2D eigenvalue weighted by Gasteiger charge is 2.32. The van der Waals surface area contributed by atoms with Crippen LogP contribution in [-0.2, 0) is 4.74 Å². The lowest BCUT2D eigenvalue weighted by Crippen LogP contribution is -2.40. The first-order valence-corrected chi connectivity index (χ1v) is 11.4. The predicted molar refractivity (Wildman–Crippen MR) is 127 cm³/mol. The number of nitrogens with zero attached hydrogens (tertiary/aromatic N) is 4. The van der Waals surface area contributed by atoms with Crippen LogP contribution in [-0.4, -0.2) is 46.8 Å². The maximum absolute atomic E-state index is 14.8. The number of alkyl halides is 1. The first-order chi connectivity index (χ1) is 16.9. The fourth-order valence-electron chi connectivity index (χ4n) is 3.56. The zero-order valence-electron chi connectivity index (χ0n) is 19.0. The molecular weight excluding hydrogens is 477 g/mol. The average Bonchev–Trinajstić information content (AvgIpc) is 2.86. The van der Waals surface area contributed by atoms with Gasteiger partial charge in [-0.25, -0.2) is 9.37 Å². The van der Waals surface area contributed by atoms with Crippen LogP contribution < -0.4 is 20.3 Å². The van der Waals surface area contributed by atoms with Crippen molar-refractivity contribution in [3.63, 3.8) is 0 Å². The molecule has 0 radical (unpaired) electrons. The summed E-state index contributed by atoms with van der Waals surface area (Å²) in [5, 5.41) is 16.2. The highest BCUT2D eigenvalue weighted by Crippen LogP contribution is 2.29. The monoisotopic (exact) mass is 499 g/mol. The number of halogens is 2. The number of anilines is 1. The molecule has 1 aliphatic rings. The molecule has 0 aliphatic carbocycles. The van der Waals surface area contributed by atoms with Crippen molar-refractivity contribution in [2.45, 2.75) is 25.4 Å². The number of rotatable bonds is 8. The summed E-state index contributed by atoms with van der Waals surface area (Å²) in [5.74, 6) is 1.06. The second-order valence-electron chi connectivity index (χ2n) is 7.91. The number of benzene rings is 1. The van der Waals surface area contributed by atoms with Crippen molar-refractivity contribution in [3.05, 3.63) is 63.7 Å². The van der Waals surface area contributed by atoms with Gasteiger partial charge in [-0.2, -0.15) is 15.0 Å². The van der Waals surface area contributed by atoms with E-state index in [1.807, 2.05) is 6.92 Å². The molecule has 1 atom stereocenters. The summed E-state index contributed by atoms with van der Waals surface area (Å²) in [6.07, 6.45) is 3.75. The van der Waals surface area contributed by atoms with E-state index in [4.69, 9.17) is 25.8 Å². The van der Waals surface area contributed by atoms with E-state index < -0.39 is 11.2 Å². The maximum atomic E-state index is 14.8. The minimum atomic E-state index is -1.52. The van der Waals surface area contributed by atoms with Gasteiger partial charge in [0.2, 0.25) is 5.88 Å². The van der Waals surface area contributed by atoms with Gasteiger partial charge >= 0.3 is 0 Å². The Kier molecular flexibility index (Phi) is 7.48. The molecule has 0 bridgehead atoms. The number of hydrogen-bond donors (Lipinski definition) is 1. The summed E-state index contributed by atoms with van der Waals surface area (Å²) in [7, 11) is 0. The largest absolute Gasteiger partial charge is 0.494 e. The zero-order valence-corrected chi connectivity index (χ0v) is 19.7. The minimum Gasteiger partial charge on any atom is -0.494 e. The van der Waals surface area contributed by atoms with Crippen LogP contribution in [0.25, 0.3) is 5.69 Å². The Morgan fingerprint density at radius 2 is 2.20 bits per heavy atom. The molecule has 1 aromatic carbocycles. The lowest BCUT2D eigenvalue weighted by Gasteiger charge is -2.29. The zero-order chi connectivity index (χ0) is 24.8. The molecule has 2 aromatic heterocycles. The quantitative estimate of drug-likeness (QED) is 0.489. The van der Waals surface area contributed by atoms with E-state index >= 15 is 0 Å². The molecule has 1 fully saturated rings. The molecule has 11 heteroatoms. The first-order valence-electron chi connectivity index (χ1n) is 11.0. The highest BCUT2D eigenvalue weighted by molar-refractivity contribution is 6.32. The van der Waals surface area contributed by atoms with Gasteiger partial charge in [-0.3, -0.25) is 4.79 Å². The Morgan fingerprint density at radius 1 is 1.34 bits per heavy atom. The average molecular weight is 500 g/mol. The van der Waals surface area contributed by atoms with Crippen LogP contribution in [0.5, 0.6) is 17.4 Å². The summed E-state index contributed by atoms with van der Waals surface area (Å²) in [6, 6.07) is 10.1. The normalized spacial score (nSPS) is 17.4. The van der Waals surface area contributed by atoms with Gasteiger partial charge in [0, 0.05) is 18.7 Å². The number of nitrogens with one attached hydrogen (secondary N) is 1. The van der Waals surface area contributed by atoms with Gasteiger partial charge in [-0.15, -0.1) is 0 Å². The molecule has 9 nitrogen and oxygen atoms in total. The molecule has 1 saturated heterocycles. The molecule has 3 aromatic rings. The van der Waals surface area contributed by atoms with Crippen LogP contribution in [0.3, 0.4) is 0 Å². The molecule has 0 spiro atoms. The van der Waals surface area contributed by atoms with Gasteiger partial charge in [-0.1, -0.05) is 11.6 Å². The van der Waals surface area contributed by atoms with E-state index in [2.05, 4.69) is 21.5 Å². The number of pyridine rings is 1. The van der Waals surface area contributed by atoms with E-state index in [9.17, 15) is 14.4 Å². The third kappa shape index (κ3) is 5.70. The van der Waals surface area contributed by atoms with Crippen LogP contribution in [0.4, 0.5) is 10.1 Å². The van der Waals surface area contributed by atoms with E-state index in [1.54, 1.807) is 24.3 Å². The van der Waals surface area contributed by atoms with Crippen LogP contribution in [0.2, 0.25) is 5.02 Å². The Labute approximate surface area is 206 Å². The molecule has 1 N–H and O–H groups in total. The van der Waals surface area contributed by atoms with E-state index in [1.165, 1.54) is 18.5 Å². The van der Waals surface area contributed by atoms with Crippen LogP contribution >= 0.6 is 11.6 Å². The molecule has 182 valence electrons. The molecular formula is C24H23ClFN5O4. The smallest absolute Gasteiger partial charge is 0.292 e. The number of hydrogen-bond acceptors (Lipinski definition) is 8. The number of nitriles is 1. The second-order valence-corrected chi connectivity index (χ2v) is 8.29. The summed E-state index contributed by atoms with van der Waals surface area (Å²) < 4.78 is 32.2. The SMILES string of the molecule is CCOc1ccc(C#N)c(Oc2ccc(-n3ncc(NC[C@@]4(F)CCCOC4)c(Cl)c3=O)cn2)c1. The topological polar surface area (TPSA) is 111 Å². The molecule has 0 unspecified atom stereocenters. The van der Waals surface area contributed by atoms with Crippen molar-refractivity contribution in [2.75, 3.05) is 31.7 Å². The van der Waals surface area contributed by atoms with E-state index in [-0.39, 0.29) is 29.7 Å². The number of ether oxygens (including phenoxy) is 3. The minimum absolute atomic E-state index is 0.00597. The lowest BCUT2D eigenvalue weighted by atomic mass is 9.99. The van der Waals surface area contributed by atoms with Gasteiger partial charge in [0.25, 0.3) is 5.56 Å². The molecule has 35 heavy (non-hydrogen) atoms. The standard InChI is InChI=1S/C24H23ClFN5O4/c1-2-34-18-6-4-16(11-27)20(10-18)35-21-7-5-17(12-28-21)31-23(32)22(25)19(13-30-31)29-14-24(26)8-3-9-33-15-24/h4-7,10,12-13,29H,2-3,8-9,14-15H2,1H3/t24-/m0/s1. The van der Waals surface area contributed by atoms with Crippen LogP contribution in [0.15, 0.2) is 47.5 Å². The van der Waals surface area contributed by atoms with Crippen molar-refractivity contribution in [2.24, 2.45) is 0 Å². The van der Waals surface area contributed by atoms with Crippen molar-refractivity contribution in [1.82, 2.24) is 14.8 Å². The van der Waals surface area contributed by atoms with Gasteiger partial charge in [0.05, 0.1) is 49.1 Å². The van der Waals surface area contributed by atoms with E-state index in [0.717, 1.165) is 4.68 Å². The van der Waals surface area contributed by atoms with Crippen LogP contribution in [0, 0.1) is 11.3 Å². The van der Waals surface area contributed by atoms with Crippen molar-refractivity contribution in [3.8, 4) is 29.1 Å². The van der Waals surface area contributed by atoms with Gasteiger partial charge < -0.3 is 19.5 Å². The molecule has 0 amide bonds. The Hall–Kier alpha value is -3.68. The van der Waals surface area contributed by atoms with Gasteiger partial charge in [0.15, 0.2) is 11.4 Å². The summed E-state index contributed by atoms with van der Waals surface area (Å²) in [6.45, 7) is 2.82. The Balaban J connectivity index is 1.49. The fraction of sp³-hybridized carbons (Fsp3) is 0.333.